The van der Waals surface area contributed by atoms with Crippen LogP contribution in [0, 0.1) is 13.8 Å². The van der Waals surface area contributed by atoms with Gasteiger partial charge in [-0.3, -0.25) is 14.5 Å². The topological polar surface area (TPSA) is 96.2 Å². The second kappa shape index (κ2) is 11.6. The van der Waals surface area contributed by atoms with Crippen molar-refractivity contribution in [2.24, 2.45) is 0 Å². The zero-order chi connectivity index (χ0) is 23.9. The van der Waals surface area contributed by atoms with Crippen molar-refractivity contribution in [2.45, 2.75) is 32.0 Å². The summed E-state index contributed by atoms with van der Waals surface area (Å²) in [5.74, 6) is 0.339. The zero-order valence-corrected chi connectivity index (χ0v) is 21.1. The third-order valence-corrected chi connectivity index (χ3v) is 7.69. The summed E-state index contributed by atoms with van der Waals surface area (Å²) in [6, 6.07) is 10.1. The molecular weight excluding hydrogens is 470 g/mol. The maximum absolute atomic E-state index is 12.7. The maximum Gasteiger partial charge on any atom is 0.238 e. The van der Waals surface area contributed by atoms with Gasteiger partial charge < -0.3 is 10.2 Å². The Morgan fingerprint density at radius 2 is 1.85 bits per heavy atom. The van der Waals surface area contributed by atoms with Crippen molar-refractivity contribution in [3.63, 3.8) is 0 Å². The third kappa shape index (κ3) is 6.43. The maximum atomic E-state index is 12.7. The number of rotatable bonds is 9. The van der Waals surface area contributed by atoms with Crippen molar-refractivity contribution >= 4 is 40.6 Å². The minimum absolute atomic E-state index is 0.0258. The number of aromatic nitrogens is 4. The normalized spacial score (nSPS) is 14.4. The van der Waals surface area contributed by atoms with Gasteiger partial charge in [-0.25, -0.2) is 4.68 Å². The predicted molar refractivity (Wildman–Crippen MR) is 134 cm³/mol. The molecule has 180 valence electrons. The zero-order valence-electron chi connectivity index (χ0n) is 19.4. The van der Waals surface area contributed by atoms with Gasteiger partial charge in [-0.15, -0.1) is 16.4 Å². The van der Waals surface area contributed by atoms with E-state index in [-0.39, 0.29) is 11.8 Å². The fourth-order valence-electron chi connectivity index (χ4n) is 3.88. The summed E-state index contributed by atoms with van der Waals surface area (Å²) >= 11 is 3.08. The number of thioether (sulfide) groups is 1. The molecule has 34 heavy (non-hydrogen) atoms. The number of nitrogens with one attached hydrogen (secondary N) is 1. The van der Waals surface area contributed by atoms with Crippen LogP contribution in [0.2, 0.25) is 0 Å². The van der Waals surface area contributed by atoms with Crippen molar-refractivity contribution in [3.05, 3.63) is 51.7 Å². The second-order valence-electron chi connectivity index (χ2n) is 8.27. The molecule has 1 saturated heterocycles. The van der Waals surface area contributed by atoms with Crippen LogP contribution in [0.4, 0.5) is 5.69 Å². The van der Waals surface area contributed by atoms with Gasteiger partial charge in [0, 0.05) is 43.2 Å². The molecule has 1 aliphatic heterocycles. The summed E-state index contributed by atoms with van der Waals surface area (Å²) in [6.07, 6.45) is 0.864. The number of hydrogen-bond acceptors (Lipinski definition) is 8. The smallest absolute Gasteiger partial charge is 0.238 e. The molecule has 1 aromatic carbocycles. The first-order valence-corrected chi connectivity index (χ1v) is 13.1. The lowest BCUT2D eigenvalue weighted by Crippen LogP contribution is -2.51. The molecule has 11 heteroatoms. The summed E-state index contributed by atoms with van der Waals surface area (Å²) in [6.45, 7) is 7.57. The van der Waals surface area contributed by atoms with Gasteiger partial charge in [-0.2, -0.15) is 0 Å². The molecule has 3 aromatic rings. The van der Waals surface area contributed by atoms with Crippen LogP contribution < -0.4 is 5.32 Å². The van der Waals surface area contributed by atoms with Gasteiger partial charge in [0.15, 0.2) is 0 Å². The quantitative estimate of drug-likeness (QED) is 0.452. The van der Waals surface area contributed by atoms with Gasteiger partial charge >= 0.3 is 0 Å². The molecule has 9 nitrogen and oxygen atoms in total. The number of tetrazole rings is 1. The van der Waals surface area contributed by atoms with Gasteiger partial charge in [-0.1, -0.05) is 36.0 Å². The number of aryl methyl sites for hydroxylation is 4. The van der Waals surface area contributed by atoms with Crippen LogP contribution in [-0.4, -0.2) is 80.3 Å². The number of amides is 2. The largest absolute Gasteiger partial charge is 0.339 e. The number of carbonyl (C=O) groups is 2. The van der Waals surface area contributed by atoms with E-state index in [2.05, 4.69) is 37.2 Å². The van der Waals surface area contributed by atoms with Crippen molar-refractivity contribution in [3.8, 4) is 0 Å². The molecule has 0 atom stereocenters. The van der Waals surface area contributed by atoms with E-state index in [4.69, 9.17) is 0 Å². The molecular formula is C23H29N7O2S2. The summed E-state index contributed by atoms with van der Waals surface area (Å²) in [5, 5.41) is 17.6. The molecule has 1 aliphatic rings. The van der Waals surface area contributed by atoms with Crippen LogP contribution in [0.15, 0.2) is 40.9 Å². The number of hydrogen-bond donors (Lipinski definition) is 1. The standard InChI is InChI=1S/C23H29N7O2S2/c1-17-5-3-6-18(2)22(17)24-20(31)15-28-10-12-29(13-11-28)21(32)16-34-23-25-26-27-30(23)9-8-19-7-4-14-33-19/h3-7,14H,8-13,15-16H2,1-2H3,(H,24,31). The third-order valence-electron chi connectivity index (χ3n) is 5.81. The monoisotopic (exact) mass is 499 g/mol. The molecule has 3 heterocycles. The van der Waals surface area contributed by atoms with Crippen LogP contribution in [0.5, 0.6) is 0 Å². The number of anilines is 1. The Bertz CT molecular complexity index is 1090. The highest BCUT2D eigenvalue weighted by molar-refractivity contribution is 7.99. The number of piperazine rings is 1. The Balaban J connectivity index is 1.19. The predicted octanol–water partition coefficient (Wildman–Crippen LogP) is 2.47. The number of carbonyl (C=O) groups excluding carboxylic acids is 2. The number of para-hydroxylation sites is 1. The van der Waals surface area contributed by atoms with Gasteiger partial charge in [0.1, 0.15) is 0 Å². The van der Waals surface area contributed by atoms with Gasteiger partial charge in [-0.05, 0) is 46.8 Å². The molecule has 0 radical (unpaired) electrons. The molecule has 0 aliphatic carbocycles. The molecule has 0 bridgehead atoms. The average Bonchev–Trinajstić information content (AvgIpc) is 3.51. The van der Waals surface area contributed by atoms with E-state index in [0.717, 1.165) is 23.2 Å². The van der Waals surface area contributed by atoms with E-state index >= 15 is 0 Å². The Morgan fingerprint density at radius 1 is 1.09 bits per heavy atom. The summed E-state index contributed by atoms with van der Waals surface area (Å²) in [5.41, 5.74) is 2.99. The number of nitrogens with zero attached hydrogens (tertiary/aromatic N) is 6. The Kier molecular flexibility index (Phi) is 8.30. The van der Waals surface area contributed by atoms with Gasteiger partial charge in [0.2, 0.25) is 17.0 Å². The molecule has 4 rings (SSSR count). The summed E-state index contributed by atoms with van der Waals surface area (Å²) in [7, 11) is 0. The highest BCUT2D eigenvalue weighted by Crippen LogP contribution is 2.20. The fourth-order valence-corrected chi connectivity index (χ4v) is 5.38. The van der Waals surface area contributed by atoms with Gasteiger partial charge in [0.25, 0.3) is 0 Å². The molecule has 0 unspecified atom stereocenters. The minimum Gasteiger partial charge on any atom is -0.339 e. The lowest BCUT2D eigenvalue weighted by Gasteiger charge is -2.34. The Hall–Kier alpha value is -2.76. The van der Waals surface area contributed by atoms with Crippen LogP contribution in [-0.2, 0) is 22.6 Å². The van der Waals surface area contributed by atoms with E-state index in [1.807, 2.05) is 43.0 Å². The van der Waals surface area contributed by atoms with Gasteiger partial charge in [0.05, 0.1) is 18.8 Å². The second-order valence-corrected chi connectivity index (χ2v) is 10.2. The first-order chi connectivity index (χ1) is 16.5. The minimum atomic E-state index is -0.0258. The lowest BCUT2D eigenvalue weighted by atomic mass is 10.1. The van der Waals surface area contributed by atoms with E-state index in [0.29, 0.717) is 50.2 Å². The number of benzene rings is 1. The molecule has 2 aromatic heterocycles. The van der Waals surface area contributed by atoms with Crippen molar-refractivity contribution in [1.29, 1.82) is 0 Å². The number of thiophene rings is 1. The van der Waals surface area contributed by atoms with Crippen LogP contribution in [0.1, 0.15) is 16.0 Å². The average molecular weight is 500 g/mol. The van der Waals surface area contributed by atoms with Crippen molar-refractivity contribution < 1.29 is 9.59 Å². The highest BCUT2D eigenvalue weighted by Gasteiger charge is 2.23. The molecule has 0 saturated carbocycles. The van der Waals surface area contributed by atoms with Crippen LogP contribution in [0.3, 0.4) is 0 Å². The van der Waals surface area contributed by atoms with E-state index in [1.54, 1.807) is 16.0 Å². The van der Waals surface area contributed by atoms with E-state index < -0.39 is 0 Å². The van der Waals surface area contributed by atoms with E-state index in [1.165, 1.54) is 16.6 Å². The summed E-state index contributed by atoms with van der Waals surface area (Å²) in [4.78, 5) is 30.5. The Labute approximate surface area is 207 Å². The van der Waals surface area contributed by atoms with Crippen LogP contribution in [0.25, 0.3) is 0 Å². The van der Waals surface area contributed by atoms with Crippen molar-refractivity contribution in [2.75, 3.05) is 43.8 Å². The van der Waals surface area contributed by atoms with Crippen molar-refractivity contribution in [1.82, 2.24) is 30.0 Å². The molecule has 1 N–H and O–H groups in total. The summed E-state index contributed by atoms with van der Waals surface area (Å²) < 4.78 is 1.75. The molecule has 2 amide bonds. The molecule has 0 spiro atoms. The SMILES string of the molecule is Cc1cccc(C)c1NC(=O)CN1CCN(C(=O)CSc2nnnn2CCc2cccs2)CC1. The highest BCUT2D eigenvalue weighted by atomic mass is 32.2. The fraction of sp³-hybridized carbons (Fsp3) is 0.435. The lowest BCUT2D eigenvalue weighted by molar-refractivity contribution is -0.130. The first-order valence-electron chi connectivity index (χ1n) is 11.3. The molecule has 1 fully saturated rings. The van der Waals surface area contributed by atoms with Crippen LogP contribution >= 0.6 is 23.1 Å². The first kappa shape index (κ1) is 24.4. The van der Waals surface area contributed by atoms with E-state index in [9.17, 15) is 9.59 Å². The Morgan fingerprint density at radius 3 is 2.56 bits per heavy atom.